The zero-order valence-corrected chi connectivity index (χ0v) is 20.2. The number of aliphatic carboxylic acids is 1. The molecule has 0 radical (unpaired) electrons. The molecule has 1 aromatic carbocycles. The van der Waals surface area contributed by atoms with Crippen LogP contribution < -0.4 is 21.3 Å². The monoisotopic (exact) mass is 503 g/mol. The van der Waals surface area contributed by atoms with Crippen molar-refractivity contribution < 1.29 is 24.3 Å². The number of thioether (sulfide) groups is 1. The Hall–Kier alpha value is -3.33. The molecule has 0 saturated carbocycles. The van der Waals surface area contributed by atoms with Crippen LogP contribution in [-0.4, -0.2) is 64.6 Å². The summed E-state index contributed by atoms with van der Waals surface area (Å²) in [7, 11) is 0. The number of carboxylic acids is 1. The van der Waals surface area contributed by atoms with Crippen molar-refractivity contribution in [2.75, 3.05) is 12.3 Å². The Balaban J connectivity index is 1.25. The third kappa shape index (κ3) is 7.85. The number of carboxylic acid groups (broad SMARTS) is 1. The lowest BCUT2D eigenvalue weighted by Gasteiger charge is -2.16. The smallest absolute Gasteiger partial charge is 0.385 e. The summed E-state index contributed by atoms with van der Waals surface area (Å²) >= 11 is 1.86. The fourth-order valence-electron chi connectivity index (χ4n) is 4.24. The minimum absolute atomic E-state index is 0.0288. The molecule has 2 saturated heterocycles. The zero-order chi connectivity index (χ0) is 25.2. The lowest BCUT2D eigenvalue weighted by molar-refractivity contribution is -0.139. The Morgan fingerprint density at radius 1 is 1.14 bits per heavy atom. The highest BCUT2D eigenvalue weighted by atomic mass is 32.2. The zero-order valence-electron chi connectivity index (χ0n) is 19.4. The Morgan fingerprint density at radius 3 is 2.63 bits per heavy atom. The molecule has 11 nitrogen and oxygen atoms in total. The first-order valence-electron chi connectivity index (χ1n) is 11.8. The number of hydrogen-bond acceptors (Lipinski definition) is 6. The summed E-state index contributed by atoms with van der Waals surface area (Å²) in [5, 5.41) is 29.7. The molecular weight excluding hydrogens is 472 g/mol. The molecule has 4 atom stereocenters. The predicted octanol–water partition coefficient (Wildman–Crippen LogP) is 2.37. The number of carbonyl (C=O) groups is 4. The molecule has 2 heterocycles. The van der Waals surface area contributed by atoms with Gasteiger partial charge in [-0.25, -0.2) is 9.59 Å². The van der Waals surface area contributed by atoms with Gasteiger partial charge < -0.3 is 26.4 Å². The average Bonchev–Trinajstić information content (AvgIpc) is 3.39. The minimum Gasteiger partial charge on any atom is -0.480 e. The van der Waals surface area contributed by atoms with E-state index in [0.717, 1.165) is 25.0 Å². The number of hydrogen-bond donors (Lipinski definition) is 5. The van der Waals surface area contributed by atoms with Crippen LogP contribution in [0, 0.1) is 5.39 Å². The predicted molar refractivity (Wildman–Crippen MR) is 131 cm³/mol. The first-order chi connectivity index (χ1) is 16.9. The van der Waals surface area contributed by atoms with Crippen LogP contribution in [0.5, 0.6) is 0 Å². The Bertz CT molecular complexity index is 966. The fraction of sp³-hybridized carbons (Fsp3) is 0.565. The molecule has 0 spiro atoms. The standard InChI is InChI=1S/C23H30N6O5S/c24-29-15-10-8-14(9-11-15)21(31)26-16(22(32)33)5-3-4-12-25-19(30)7-2-1-6-18-20-17(13-35-18)27-23(34)28-20/h8-11,16-18,20H,1-7,12-13H2,(H4-,25,26,27,28,30,31,32,33,34)/p+1/t16?,17-,18?,20-/m0/s1. The van der Waals surface area contributed by atoms with E-state index in [1.54, 1.807) is 0 Å². The van der Waals surface area contributed by atoms with Crippen molar-refractivity contribution in [1.82, 2.24) is 21.3 Å². The first kappa shape index (κ1) is 26.3. The SMILES string of the molecule is N#[N+]c1ccc(C(=O)NC(CCCCNC(=O)CCCCC2SC[C@@H]3NC(=O)N[C@H]23)C(=O)O)cc1. The van der Waals surface area contributed by atoms with Crippen LogP contribution >= 0.6 is 11.8 Å². The number of carbonyl (C=O) groups excluding carboxylic acids is 3. The summed E-state index contributed by atoms with van der Waals surface area (Å²) in [6, 6.07) is 5.07. The summed E-state index contributed by atoms with van der Waals surface area (Å²) in [6.07, 6.45) is 4.47. The highest BCUT2D eigenvalue weighted by Gasteiger charge is 2.42. The normalized spacial score (nSPS) is 21.2. The van der Waals surface area contributed by atoms with Gasteiger partial charge in [-0.2, -0.15) is 11.8 Å². The molecule has 0 aromatic heterocycles. The number of rotatable bonds is 13. The Kier molecular flexibility index (Phi) is 9.72. The van der Waals surface area contributed by atoms with E-state index in [1.807, 2.05) is 11.8 Å². The summed E-state index contributed by atoms with van der Waals surface area (Å²) in [5.41, 5.74) is 0.563. The maximum Gasteiger partial charge on any atom is 0.385 e. The molecule has 2 unspecified atom stereocenters. The van der Waals surface area contributed by atoms with E-state index in [4.69, 9.17) is 5.39 Å². The van der Waals surface area contributed by atoms with Crippen LogP contribution in [0.2, 0.25) is 0 Å². The molecule has 188 valence electrons. The summed E-state index contributed by atoms with van der Waals surface area (Å²) < 4.78 is 0. The van der Waals surface area contributed by atoms with E-state index >= 15 is 0 Å². The number of nitrogens with one attached hydrogen (secondary N) is 4. The molecule has 0 aliphatic carbocycles. The van der Waals surface area contributed by atoms with Gasteiger partial charge in [-0.1, -0.05) is 6.42 Å². The van der Waals surface area contributed by atoms with Gasteiger partial charge in [0.1, 0.15) is 6.04 Å². The number of amides is 4. The van der Waals surface area contributed by atoms with E-state index in [2.05, 4.69) is 26.2 Å². The van der Waals surface area contributed by atoms with E-state index < -0.39 is 17.9 Å². The Morgan fingerprint density at radius 2 is 1.91 bits per heavy atom. The summed E-state index contributed by atoms with van der Waals surface area (Å²) in [5.74, 6) is -0.744. The van der Waals surface area contributed by atoms with Gasteiger partial charge in [0.25, 0.3) is 5.91 Å². The number of benzene rings is 1. The topological polar surface area (TPSA) is 165 Å². The first-order valence-corrected chi connectivity index (χ1v) is 12.9. The third-order valence-corrected chi connectivity index (χ3v) is 7.68. The number of fused-ring (bicyclic) bond motifs is 1. The van der Waals surface area contributed by atoms with Crippen LogP contribution in [0.1, 0.15) is 55.3 Å². The number of diazo groups is 1. The number of urea groups is 1. The summed E-state index contributed by atoms with van der Waals surface area (Å²) in [4.78, 5) is 50.3. The van der Waals surface area contributed by atoms with Crippen molar-refractivity contribution in [3.63, 3.8) is 0 Å². The van der Waals surface area contributed by atoms with Crippen LogP contribution in [0.25, 0.3) is 4.98 Å². The molecular formula is C23H31N6O5S+. The third-order valence-electron chi connectivity index (χ3n) is 6.17. The highest BCUT2D eigenvalue weighted by Crippen LogP contribution is 2.33. The van der Waals surface area contributed by atoms with Crippen LogP contribution in [0.15, 0.2) is 24.3 Å². The van der Waals surface area contributed by atoms with E-state index in [1.165, 1.54) is 24.3 Å². The molecule has 3 rings (SSSR count). The largest absolute Gasteiger partial charge is 0.480 e. The van der Waals surface area contributed by atoms with Crippen LogP contribution in [0.3, 0.4) is 0 Å². The molecule has 2 aliphatic rings. The van der Waals surface area contributed by atoms with E-state index in [9.17, 15) is 24.3 Å². The maximum atomic E-state index is 12.3. The van der Waals surface area contributed by atoms with Crippen molar-refractivity contribution in [3.8, 4) is 0 Å². The van der Waals surface area contributed by atoms with Gasteiger partial charge in [0.2, 0.25) is 11.3 Å². The van der Waals surface area contributed by atoms with Crippen molar-refractivity contribution >= 4 is 41.3 Å². The maximum absolute atomic E-state index is 12.3. The lowest BCUT2D eigenvalue weighted by atomic mass is 10.0. The molecule has 35 heavy (non-hydrogen) atoms. The number of nitrogens with zero attached hydrogens (tertiary/aromatic N) is 2. The van der Waals surface area contributed by atoms with Crippen molar-refractivity contribution in [3.05, 3.63) is 34.8 Å². The quantitative estimate of drug-likeness (QED) is 0.157. The van der Waals surface area contributed by atoms with Gasteiger partial charge in [0, 0.05) is 41.7 Å². The van der Waals surface area contributed by atoms with Crippen molar-refractivity contribution in [2.45, 2.75) is 68.3 Å². The number of unbranched alkanes of at least 4 members (excludes halogenated alkanes) is 2. The van der Waals surface area contributed by atoms with Crippen LogP contribution in [0.4, 0.5) is 10.5 Å². The molecule has 12 heteroatoms. The van der Waals surface area contributed by atoms with Gasteiger partial charge in [-0.05, 0) is 44.2 Å². The van der Waals surface area contributed by atoms with E-state index in [0.29, 0.717) is 36.7 Å². The molecule has 0 bridgehead atoms. The van der Waals surface area contributed by atoms with Gasteiger partial charge in [0.15, 0.2) is 4.98 Å². The van der Waals surface area contributed by atoms with Gasteiger partial charge in [-0.15, -0.1) is 0 Å². The molecule has 2 fully saturated rings. The minimum atomic E-state index is -1.12. The molecule has 4 amide bonds. The van der Waals surface area contributed by atoms with Gasteiger partial charge in [-0.3, -0.25) is 9.59 Å². The average molecular weight is 504 g/mol. The molecule has 2 aliphatic heterocycles. The second kappa shape index (κ2) is 12.9. The lowest BCUT2D eigenvalue weighted by Crippen LogP contribution is -2.40. The van der Waals surface area contributed by atoms with Crippen molar-refractivity contribution in [2.24, 2.45) is 0 Å². The molecule has 5 N–H and O–H groups in total. The van der Waals surface area contributed by atoms with Gasteiger partial charge >= 0.3 is 17.7 Å². The van der Waals surface area contributed by atoms with Crippen LogP contribution in [-0.2, 0) is 9.59 Å². The van der Waals surface area contributed by atoms with Crippen molar-refractivity contribution in [1.29, 1.82) is 5.39 Å². The fourth-order valence-corrected chi connectivity index (χ4v) is 5.79. The summed E-state index contributed by atoms with van der Waals surface area (Å²) in [6.45, 7) is 0.450. The highest BCUT2D eigenvalue weighted by molar-refractivity contribution is 8.00. The second-order valence-electron chi connectivity index (χ2n) is 8.72. The van der Waals surface area contributed by atoms with E-state index in [-0.39, 0.29) is 36.0 Å². The second-order valence-corrected chi connectivity index (χ2v) is 10.00. The Labute approximate surface area is 207 Å². The van der Waals surface area contributed by atoms with Gasteiger partial charge in [0.05, 0.1) is 12.1 Å². The molecule has 1 aromatic rings.